The Morgan fingerprint density at radius 1 is 1.00 bits per heavy atom. The number of hydrogen-bond acceptors (Lipinski definition) is 10. The van der Waals surface area contributed by atoms with Crippen molar-refractivity contribution in [3.8, 4) is 17.2 Å². The van der Waals surface area contributed by atoms with Crippen molar-refractivity contribution in [3.05, 3.63) is 53.6 Å². The summed E-state index contributed by atoms with van der Waals surface area (Å²) in [7, 11) is 4.36. The number of fused-ring (bicyclic) bond motifs is 1. The molecule has 194 valence electrons. The molecule has 11 heteroatoms. The number of ether oxygens (including phenoxy) is 7. The summed E-state index contributed by atoms with van der Waals surface area (Å²) in [5.74, 6) is 0.577. The molecule has 0 spiro atoms. The highest BCUT2D eigenvalue weighted by atomic mass is 16.7. The van der Waals surface area contributed by atoms with Crippen molar-refractivity contribution in [3.63, 3.8) is 0 Å². The van der Waals surface area contributed by atoms with Gasteiger partial charge in [0.2, 0.25) is 12.2 Å². The van der Waals surface area contributed by atoms with Gasteiger partial charge in [0.05, 0.1) is 33.5 Å². The second kappa shape index (κ2) is 11.1. The summed E-state index contributed by atoms with van der Waals surface area (Å²) in [4.78, 5) is 23.6. The Morgan fingerprint density at radius 3 is 2.36 bits per heavy atom. The summed E-state index contributed by atoms with van der Waals surface area (Å²) in [6, 6.07) is 10.5. The number of carbonyl (C=O) groups is 2. The molecule has 2 fully saturated rings. The molecule has 36 heavy (non-hydrogen) atoms. The second-order valence-electron chi connectivity index (χ2n) is 8.27. The van der Waals surface area contributed by atoms with Gasteiger partial charge in [0.25, 0.3) is 0 Å². The highest BCUT2D eigenvalue weighted by Crippen LogP contribution is 2.37. The molecule has 0 saturated carbocycles. The van der Waals surface area contributed by atoms with Crippen LogP contribution in [0.4, 0.5) is 0 Å². The van der Waals surface area contributed by atoms with Crippen LogP contribution in [-0.2, 0) is 23.7 Å². The Morgan fingerprint density at radius 2 is 1.72 bits per heavy atom. The van der Waals surface area contributed by atoms with Gasteiger partial charge in [-0.1, -0.05) is 6.07 Å². The van der Waals surface area contributed by atoms with Crippen LogP contribution in [0.25, 0.3) is 0 Å². The quantitative estimate of drug-likeness (QED) is 0.537. The Hall–Kier alpha value is -3.38. The van der Waals surface area contributed by atoms with E-state index in [-0.39, 0.29) is 12.5 Å². The van der Waals surface area contributed by atoms with Crippen LogP contribution in [0.3, 0.4) is 0 Å². The average Bonchev–Trinajstić information content (AvgIpc) is 2.90. The largest absolute Gasteiger partial charge is 0.493 e. The van der Waals surface area contributed by atoms with Gasteiger partial charge in [-0.25, -0.2) is 4.79 Å². The van der Waals surface area contributed by atoms with Gasteiger partial charge in [-0.2, -0.15) is 0 Å². The third kappa shape index (κ3) is 5.39. The topological polar surface area (TPSA) is 131 Å². The summed E-state index contributed by atoms with van der Waals surface area (Å²) >= 11 is 0. The van der Waals surface area contributed by atoms with E-state index in [1.807, 2.05) is 0 Å². The highest BCUT2D eigenvalue weighted by molar-refractivity contribution is 5.89. The predicted octanol–water partition coefficient (Wildman–Crippen LogP) is 1.57. The average molecular weight is 504 g/mol. The number of amides is 1. The van der Waals surface area contributed by atoms with Crippen LogP contribution in [0, 0.1) is 0 Å². The fourth-order valence-electron chi connectivity index (χ4n) is 4.17. The predicted molar refractivity (Wildman–Crippen MR) is 124 cm³/mol. The van der Waals surface area contributed by atoms with Crippen LogP contribution in [0.5, 0.6) is 17.2 Å². The first-order valence-electron chi connectivity index (χ1n) is 11.3. The van der Waals surface area contributed by atoms with E-state index in [1.165, 1.54) is 33.3 Å². The van der Waals surface area contributed by atoms with Gasteiger partial charge in [0, 0.05) is 12.5 Å². The molecule has 6 unspecified atom stereocenters. The van der Waals surface area contributed by atoms with Gasteiger partial charge in [-0.15, -0.1) is 0 Å². The van der Waals surface area contributed by atoms with E-state index < -0.39 is 42.9 Å². The monoisotopic (exact) mass is 503 g/mol. The first-order chi connectivity index (χ1) is 17.3. The number of carbonyl (C=O) groups excluding carboxylic acids is 2. The highest BCUT2D eigenvalue weighted by Gasteiger charge is 2.50. The van der Waals surface area contributed by atoms with Gasteiger partial charge in [-0.05, 0) is 36.4 Å². The maximum atomic E-state index is 11.9. The number of aliphatic hydroxyl groups is 1. The van der Waals surface area contributed by atoms with Crippen molar-refractivity contribution in [2.75, 3.05) is 27.9 Å². The van der Waals surface area contributed by atoms with Crippen molar-refractivity contribution in [2.45, 2.75) is 43.9 Å². The number of esters is 1. The third-order valence-electron chi connectivity index (χ3n) is 5.94. The van der Waals surface area contributed by atoms with Crippen molar-refractivity contribution < 1.29 is 47.9 Å². The standard InChI is InChI=1S/C25H29NO10/c1-13(27)26-20-21(28)22-19(35-25(20)34-16-8-5-14(6-9-16)23(29)32-4)12-33-24(36-22)15-7-10-17(30-2)18(11-15)31-3/h5-11,19-22,24-25,28H,12H2,1-4H3,(H,26,27). The minimum atomic E-state index is -1.17. The van der Waals surface area contributed by atoms with Crippen molar-refractivity contribution in [1.29, 1.82) is 0 Å². The Balaban J connectivity index is 1.51. The van der Waals surface area contributed by atoms with Gasteiger partial charge < -0.3 is 43.6 Å². The molecule has 2 aromatic rings. The number of methoxy groups -OCH3 is 3. The lowest BCUT2D eigenvalue weighted by Gasteiger charge is -2.47. The Labute approximate surface area is 208 Å². The first kappa shape index (κ1) is 25.7. The van der Waals surface area contributed by atoms with E-state index >= 15 is 0 Å². The lowest BCUT2D eigenvalue weighted by atomic mass is 9.95. The van der Waals surface area contributed by atoms with Gasteiger partial charge in [0.1, 0.15) is 30.1 Å². The van der Waals surface area contributed by atoms with Crippen molar-refractivity contribution in [1.82, 2.24) is 5.32 Å². The SMILES string of the molecule is COC(=O)c1ccc(OC2OC3COC(c4ccc(OC)c(OC)c4)OC3C(O)C2NC(C)=O)cc1. The lowest BCUT2D eigenvalue weighted by Crippen LogP contribution is -2.67. The molecule has 2 N–H and O–H groups in total. The van der Waals surface area contributed by atoms with Crippen LogP contribution in [0.2, 0.25) is 0 Å². The molecule has 2 saturated heterocycles. The molecule has 1 amide bonds. The zero-order valence-corrected chi connectivity index (χ0v) is 20.3. The van der Waals surface area contributed by atoms with E-state index in [2.05, 4.69) is 5.32 Å². The fraction of sp³-hybridized carbons (Fsp3) is 0.440. The Bertz CT molecular complexity index is 1080. The lowest BCUT2D eigenvalue weighted by molar-refractivity contribution is -0.333. The maximum absolute atomic E-state index is 11.9. The smallest absolute Gasteiger partial charge is 0.337 e. The van der Waals surface area contributed by atoms with Crippen molar-refractivity contribution >= 4 is 11.9 Å². The molecule has 11 nitrogen and oxygen atoms in total. The van der Waals surface area contributed by atoms with E-state index in [1.54, 1.807) is 37.4 Å². The zero-order valence-electron chi connectivity index (χ0n) is 20.3. The minimum absolute atomic E-state index is 0.106. The molecular weight excluding hydrogens is 474 g/mol. The van der Waals surface area contributed by atoms with Gasteiger partial charge in [0.15, 0.2) is 17.8 Å². The summed E-state index contributed by atoms with van der Waals surface area (Å²) in [5, 5.41) is 13.9. The zero-order chi connectivity index (χ0) is 25.8. The minimum Gasteiger partial charge on any atom is -0.493 e. The normalized spacial score (nSPS) is 27.4. The van der Waals surface area contributed by atoms with E-state index in [9.17, 15) is 14.7 Å². The summed E-state index contributed by atoms with van der Waals surface area (Å²) in [5.41, 5.74) is 1.02. The van der Waals surface area contributed by atoms with Crippen LogP contribution in [0.1, 0.15) is 29.1 Å². The first-order valence-corrected chi connectivity index (χ1v) is 11.3. The number of hydrogen-bond donors (Lipinski definition) is 2. The second-order valence-corrected chi connectivity index (χ2v) is 8.27. The Kier molecular flexibility index (Phi) is 7.94. The molecule has 0 bridgehead atoms. The van der Waals surface area contributed by atoms with Crippen LogP contribution in [0.15, 0.2) is 42.5 Å². The van der Waals surface area contributed by atoms with Crippen molar-refractivity contribution in [2.24, 2.45) is 0 Å². The van der Waals surface area contributed by atoms with Gasteiger partial charge >= 0.3 is 5.97 Å². The third-order valence-corrected chi connectivity index (χ3v) is 5.94. The molecule has 0 aliphatic carbocycles. The number of aliphatic hydroxyl groups excluding tert-OH is 1. The number of benzene rings is 2. The summed E-state index contributed by atoms with van der Waals surface area (Å²) in [6.45, 7) is 1.44. The van der Waals surface area contributed by atoms with E-state index in [0.717, 1.165) is 0 Å². The van der Waals surface area contributed by atoms with Crippen LogP contribution < -0.4 is 19.5 Å². The molecular formula is C25H29NO10. The maximum Gasteiger partial charge on any atom is 0.337 e. The fourth-order valence-corrected chi connectivity index (χ4v) is 4.17. The molecule has 4 rings (SSSR count). The molecule has 0 aromatic heterocycles. The van der Waals surface area contributed by atoms with Gasteiger partial charge in [-0.3, -0.25) is 4.79 Å². The number of rotatable bonds is 7. The van der Waals surface area contributed by atoms with Crippen LogP contribution in [-0.4, -0.2) is 75.6 Å². The van der Waals surface area contributed by atoms with E-state index in [0.29, 0.717) is 28.4 Å². The summed E-state index contributed by atoms with van der Waals surface area (Å²) < 4.78 is 39.3. The summed E-state index contributed by atoms with van der Waals surface area (Å²) in [6.07, 6.45) is -4.49. The van der Waals surface area contributed by atoms with E-state index in [4.69, 9.17) is 33.2 Å². The molecule has 2 aliphatic heterocycles. The molecule has 2 aromatic carbocycles. The molecule has 6 atom stereocenters. The molecule has 2 aliphatic rings. The number of nitrogens with one attached hydrogen (secondary N) is 1. The van der Waals surface area contributed by atoms with Crippen LogP contribution >= 0.6 is 0 Å². The molecule has 2 heterocycles. The molecule has 0 radical (unpaired) electrons.